The van der Waals surface area contributed by atoms with Crippen molar-refractivity contribution in [2.24, 2.45) is 0 Å². The largest absolute Gasteiger partial charge is 0.480 e. The van der Waals surface area contributed by atoms with Gasteiger partial charge in [-0.3, -0.25) is 9.59 Å². The zero-order valence-electron chi connectivity index (χ0n) is 8.33. The Kier molecular flexibility index (Phi) is 4.32. The second kappa shape index (κ2) is 5.32. The number of rotatable bonds is 3. The first-order chi connectivity index (χ1) is 7.43. The molecule has 86 valence electrons. The Morgan fingerprint density at radius 3 is 2.69 bits per heavy atom. The molecule has 4 nitrogen and oxygen atoms in total. The molecule has 2 N–H and O–H groups in total. The number of benzene rings is 1. The number of carbonyl (C=O) groups excluding carboxylic acids is 1. The van der Waals surface area contributed by atoms with Gasteiger partial charge in [-0.2, -0.15) is 0 Å². The number of aliphatic carboxylic acids is 1. The van der Waals surface area contributed by atoms with Gasteiger partial charge in [0.25, 0.3) is 5.91 Å². The fraction of sp³-hybridized carbons (Fsp3) is 0.200. The van der Waals surface area contributed by atoms with Crippen LogP contribution in [0.3, 0.4) is 0 Å². The maximum Gasteiger partial charge on any atom is 0.325 e. The lowest BCUT2D eigenvalue weighted by atomic mass is 10.2. The Balaban J connectivity index is 2.89. The minimum absolute atomic E-state index is 0.240. The van der Waals surface area contributed by atoms with Crippen molar-refractivity contribution in [3.8, 4) is 0 Å². The van der Waals surface area contributed by atoms with Crippen molar-refractivity contribution >= 4 is 39.4 Å². The molecular weight excluding hydrogens is 297 g/mol. The van der Waals surface area contributed by atoms with Crippen molar-refractivity contribution in [2.45, 2.75) is 13.0 Å². The first-order valence-corrected chi connectivity index (χ1v) is 5.58. The lowest BCUT2D eigenvalue weighted by molar-refractivity contribution is -0.138. The molecule has 0 spiro atoms. The summed E-state index contributed by atoms with van der Waals surface area (Å²) in [5.74, 6) is -1.61. The second-order valence-electron chi connectivity index (χ2n) is 3.13. The minimum Gasteiger partial charge on any atom is -0.480 e. The van der Waals surface area contributed by atoms with Crippen LogP contribution in [-0.4, -0.2) is 23.0 Å². The highest BCUT2D eigenvalue weighted by Crippen LogP contribution is 2.25. The molecule has 0 saturated carbocycles. The molecule has 0 aliphatic heterocycles. The average Bonchev–Trinajstić information content (AvgIpc) is 2.21. The van der Waals surface area contributed by atoms with E-state index in [9.17, 15) is 9.59 Å². The number of amides is 1. The van der Waals surface area contributed by atoms with Gasteiger partial charge in [0.2, 0.25) is 0 Å². The summed E-state index contributed by atoms with van der Waals surface area (Å²) in [5, 5.41) is 11.2. The van der Waals surface area contributed by atoms with Crippen LogP contribution in [0.5, 0.6) is 0 Å². The molecule has 0 bridgehead atoms. The van der Waals surface area contributed by atoms with E-state index in [4.69, 9.17) is 16.7 Å². The quantitative estimate of drug-likeness (QED) is 0.900. The monoisotopic (exact) mass is 305 g/mol. The van der Waals surface area contributed by atoms with Gasteiger partial charge in [0, 0.05) is 4.47 Å². The Labute approximate surface area is 106 Å². The summed E-state index contributed by atoms with van der Waals surface area (Å²) in [6.07, 6.45) is 0. The number of carboxylic acid groups (broad SMARTS) is 1. The van der Waals surface area contributed by atoms with Crippen LogP contribution in [-0.2, 0) is 4.79 Å². The van der Waals surface area contributed by atoms with Crippen molar-refractivity contribution in [1.29, 1.82) is 0 Å². The van der Waals surface area contributed by atoms with Gasteiger partial charge in [-0.05, 0) is 35.0 Å². The Morgan fingerprint density at radius 2 is 2.12 bits per heavy atom. The van der Waals surface area contributed by atoms with Gasteiger partial charge in [-0.25, -0.2) is 0 Å². The third-order valence-electron chi connectivity index (χ3n) is 1.91. The Bertz CT molecular complexity index is 436. The van der Waals surface area contributed by atoms with E-state index in [2.05, 4.69) is 21.2 Å². The molecule has 0 unspecified atom stereocenters. The van der Waals surface area contributed by atoms with E-state index in [-0.39, 0.29) is 10.6 Å². The van der Waals surface area contributed by atoms with E-state index in [1.807, 2.05) is 0 Å². The lowest BCUT2D eigenvalue weighted by Crippen LogP contribution is -2.38. The predicted molar refractivity (Wildman–Crippen MR) is 63.7 cm³/mol. The summed E-state index contributed by atoms with van der Waals surface area (Å²) in [6.45, 7) is 1.38. The van der Waals surface area contributed by atoms with Crippen molar-refractivity contribution in [2.75, 3.05) is 0 Å². The maximum atomic E-state index is 11.7. The molecule has 0 fully saturated rings. The summed E-state index contributed by atoms with van der Waals surface area (Å²) in [6, 6.07) is 3.91. The number of carbonyl (C=O) groups is 2. The van der Waals surface area contributed by atoms with Crippen molar-refractivity contribution in [3.63, 3.8) is 0 Å². The van der Waals surface area contributed by atoms with Gasteiger partial charge >= 0.3 is 5.97 Å². The van der Waals surface area contributed by atoms with Gasteiger partial charge < -0.3 is 10.4 Å². The Morgan fingerprint density at radius 1 is 1.50 bits per heavy atom. The van der Waals surface area contributed by atoms with Crippen LogP contribution in [0, 0.1) is 0 Å². The van der Waals surface area contributed by atoms with E-state index in [0.717, 1.165) is 0 Å². The summed E-state index contributed by atoms with van der Waals surface area (Å²) in [7, 11) is 0. The van der Waals surface area contributed by atoms with Gasteiger partial charge in [0.05, 0.1) is 10.6 Å². The molecule has 0 radical (unpaired) electrons. The Hall–Kier alpha value is -1.07. The van der Waals surface area contributed by atoms with Gasteiger partial charge in [0.15, 0.2) is 0 Å². The number of carboxylic acids is 1. The molecule has 0 heterocycles. The number of nitrogens with one attached hydrogen (secondary N) is 1. The standard InChI is InChI=1S/C10H9BrClNO3/c1-5(10(15)16)13-9(14)6-3-2-4-7(11)8(6)12/h2-5H,1H3,(H,13,14)(H,15,16)/t5-/m1/s1. The van der Waals surface area contributed by atoms with Crippen LogP contribution in [0.1, 0.15) is 17.3 Å². The molecule has 1 atom stereocenters. The number of hydrogen-bond donors (Lipinski definition) is 2. The number of halogens is 2. The zero-order valence-corrected chi connectivity index (χ0v) is 10.7. The van der Waals surface area contributed by atoms with Crippen LogP contribution >= 0.6 is 27.5 Å². The van der Waals surface area contributed by atoms with Crippen molar-refractivity contribution in [3.05, 3.63) is 33.3 Å². The van der Waals surface area contributed by atoms with Crippen LogP contribution in [0.15, 0.2) is 22.7 Å². The topological polar surface area (TPSA) is 66.4 Å². The predicted octanol–water partition coefficient (Wildman–Crippen LogP) is 2.31. The second-order valence-corrected chi connectivity index (χ2v) is 4.37. The lowest BCUT2D eigenvalue weighted by Gasteiger charge is -2.10. The van der Waals surface area contributed by atoms with E-state index in [0.29, 0.717) is 4.47 Å². The smallest absolute Gasteiger partial charge is 0.325 e. The van der Waals surface area contributed by atoms with Crippen LogP contribution in [0.4, 0.5) is 0 Å². The van der Waals surface area contributed by atoms with Crippen LogP contribution in [0.25, 0.3) is 0 Å². The number of hydrogen-bond acceptors (Lipinski definition) is 2. The van der Waals surface area contributed by atoms with Gasteiger partial charge in [-0.1, -0.05) is 17.7 Å². The summed E-state index contributed by atoms with van der Waals surface area (Å²) >= 11 is 9.08. The fourth-order valence-corrected chi connectivity index (χ4v) is 1.59. The minimum atomic E-state index is -1.10. The van der Waals surface area contributed by atoms with Crippen molar-refractivity contribution < 1.29 is 14.7 Å². The van der Waals surface area contributed by atoms with E-state index in [1.165, 1.54) is 13.0 Å². The highest BCUT2D eigenvalue weighted by Gasteiger charge is 2.17. The molecule has 1 rings (SSSR count). The van der Waals surface area contributed by atoms with E-state index >= 15 is 0 Å². The molecule has 6 heteroatoms. The third-order valence-corrected chi connectivity index (χ3v) is 3.21. The highest BCUT2D eigenvalue weighted by molar-refractivity contribution is 9.10. The normalized spacial score (nSPS) is 11.9. The fourth-order valence-electron chi connectivity index (χ4n) is 1.02. The zero-order chi connectivity index (χ0) is 12.3. The molecule has 1 aromatic rings. The van der Waals surface area contributed by atoms with Gasteiger partial charge in [0.1, 0.15) is 6.04 Å². The summed E-state index contributed by atoms with van der Waals surface area (Å²) in [4.78, 5) is 22.2. The molecule has 16 heavy (non-hydrogen) atoms. The van der Waals surface area contributed by atoms with E-state index < -0.39 is 17.9 Å². The maximum absolute atomic E-state index is 11.7. The molecule has 1 amide bonds. The first-order valence-electron chi connectivity index (χ1n) is 4.41. The first kappa shape index (κ1) is 13.0. The molecular formula is C10H9BrClNO3. The molecule has 0 aliphatic carbocycles. The molecule has 0 aromatic heterocycles. The van der Waals surface area contributed by atoms with E-state index in [1.54, 1.807) is 12.1 Å². The molecule has 0 saturated heterocycles. The molecule has 1 aromatic carbocycles. The SMILES string of the molecule is C[C@@H](NC(=O)c1cccc(Br)c1Cl)C(=O)O. The summed E-state index contributed by atoms with van der Waals surface area (Å²) in [5.41, 5.74) is 0.240. The third kappa shape index (κ3) is 2.96. The highest BCUT2D eigenvalue weighted by atomic mass is 79.9. The van der Waals surface area contributed by atoms with Gasteiger partial charge in [-0.15, -0.1) is 0 Å². The van der Waals surface area contributed by atoms with Crippen LogP contribution in [0.2, 0.25) is 5.02 Å². The summed E-state index contributed by atoms with van der Waals surface area (Å²) < 4.78 is 0.588. The average molecular weight is 307 g/mol. The van der Waals surface area contributed by atoms with Crippen LogP contribution < -0.4 is 5.32 Å². The molecule has 0 aliphatic rings. The van der Waals surface area contributed by atoms with Crippen molar-refractivity contribution in [1.82, 2.24) is 5.32 Å².